The molecule has 2 aromatic heterocycles. The van der Waals surface area contributed by atoms with Crippen LogP contribution >= 0.6 is 11.6 Å². The minimum absolute atomic E-state index is 0.0264. The average Bonchev–Trinajstić information content (AvgIpc) is 2.62. The maximum absolute atomic E-state index is 6.25. The molecule has 5 nitrogen and oxygen atoms in total. The summed E-state index contributed by atoms with van der Waals surface area (Å²) < 4.78 is 1.81. The summed E-state index contributed by atoms with van der Waals surface area (Å²) in [5.41, 5.74) is 1.83. The Kier molecular flexibility index (Phi) is 3.93. The predicted octanol–water partition coefficient (Wildman–Crippen LogP) is 1.68. The van der Waals surface area contributed by atoms with Crippen molar-refractivity contribution in [2.24, 2.45) is 7.05 Å². The fraction of sp³-hybridized carbons (Fsp3) is 0.417. The SMILES string of the molecule is CNC(Cc1c(Cl)c(C)nn1C)c1ncccn1. The molecule has 0 aliphatic rings. The number of rotatable bonds is 4. The molecule has 0 aliphatic carbocycles. The number of halogens is 1. The molecule has 2 aromatic rings. The fourth-order valence-corrected chi connectivity index (χ4v) is 2.15. The van der Waals surface area contributed by atoms with Crippen LogP contribution in [0.4, 0.5) is 0 Å². The molecule has 0 saturated carbocycles. The van der Waals surface area contributed by atoms with Gasteiger partial charge in [-0.1, -0.05) is 11.6 Å². The zero-order valence-electron chi connectivity index (χ0n) is 10.7. The first kappa shape index (κ1) is 13.0. The Bertz CT molecular complexity index is 523. The first-order valence-corrected chi connectivity index (χ1v) is 6.13. The average molecular weight is 266 g/mol. The van der Waals surface area contributed by atoms with Gasteiger partial charge in [0.25, 0.3) is 0 Å². The summed E-state index contributed by atoms with van der Waals surface area (Å²) in [5.74, 6) is 0.759. The van der Waals surface area contributed by atoms with Gasteiger partial charge in [0, 0.05) is 25.9 Å². The third-order valence-electron chi connectivity index (χ3n) is 2.90. The number of aryl methyl sites for hydroxylation is 2. The lowest BCUT2D eigenvalue weighted by molar-refractivity contribution is 0.534. The smallest absolute Gasteiger partial charge is 0.145 e. The summed E-state index contributed by atoms with van der Waals surface area (Å²) in [5, 5.41) is 8.23. The van der Waals surface area contributed by atoms with E-state index in [1.165, 1.54) is 0 Å². The molecule has 0 spiro atoms. The van der Waals surface area contributed by atoms with Gasteiger partial charge in [-0.15, -0.1) is 0 Å². The Morgan fingerprint density at radius 3 is 2.56 bits per heavy atom. The number of likely N-dealkylation sites (N-methyl/N-ethyl adjacent to an activating group) is 1. The highest BCUT2D eigenvalue weighted by atomic mass is 35.5. The van der Waals surface area contributed by atoms with Crippen LogP contribution in [0, 0.1) is 6.92 Å². The van der Waals surface area contributed by atoms with Crippen molar-refractivity contribution in [3.05, 3.63) is 40.7 Å². The van der Waals surface area contributed by atoms with Crippen LogP contribution in [0.2, 0.25) is 5.02 Å². The van der Waals surface area contributed by atoms with Gasteiger partial charge in [-0.3, -0.25) is 4.68 Å². The van der Waals surface area contributed by atoms with E-state index in [4.69, 9.17) is 11.6 Å². The molecule has 0 aromatic carbocycles. The molecule has 0 fully saturated rings. The summed E-state index contributed by atoms with van der Waals surface area (Å²) >= 11 is 6.25. The van der Waals surface area contributed by atoms with E-state index < -0.39 is 0 Å². The van der Waals surface area contributed by atoms with Crippen LogP contribution in [-0.2, 0) is 13.5 Å². The molecule has 2 heterocycles. The van der Waals surface area contributed by atoms with Crippen molar-refractivity contribution in [3.63, 3.8) is 0 Å². The Hall–Kier alpha value is -1.46. The minimum Gasteiger partial charge on any atom is -0.310 e. The molecule has 96 valence electrons. The van der Waals surface area contributed by atoms with Gasteiger partial charge in [-0.2, -0.15) is 5.10 Å². The minimum atomic E-state index is 0.0264. The summed E-state index contributed by atoms with van der Waals surface area (Å²) in [6.07, 6.45) is 4.18. The maximum atomic E-state index is 6.25. The van der Waals surface area contributed by atoms with Crippen LogP contribution in [0.25, 0.3) is 0 Å². The van der Waals surface area contributed by atoms with Gasteiger partial charge < -0.3 is 5.32 Å². The number of nitrogens with zero attached hydrogens (tertiary/aromatic N) is 4. The fourth-order valence-electron chi connectivity index (χ4n) is 1.91. The third-order valence-corrected chi connectivity index (χ3v) is 3.40. The lowest BCUT2D eigenvalue weighted by atomic mass is 10.1. The molecule has 2 rings (SSSR count). The quantitative estimate of drug-likeness (QED) is 0.914. The summed E-state index contributed by atoms with van der Waals surface area (Å²) in [4.78, 5) is 8.53. The summed E-state index contributed by atoms with van der Waals surface area (Å²) in [6, 6.07) is 1.83. The van der Waals surface area contributed by atoms with E-state index in [9.17, 15) is 0 Å². The first-order valence-electron chi connectivity index (χ1n) is 5.75. The molecule has 0 radical (unpaired) electrons. The van der Waals surface area contributed by atoms with Crippen molar-refractivity contribution in [1.82, 2.24) is 25.1 Å². The number of nitrogens with one attached hydrogen (secondary N) is 1. The summed E-state index contributed by atoms with van der Waals surface area (Å²) in [7, 11) is 3.78. The maximum Gasteiger partial charge on any atom is 0.145 e. The van der Waals surface area contributed by atoms with Crippen molar-refractivity contribution in [3.8, 4) is 0 Å². The molecular weight excluding hydrogens is 250 g/mol. The van der Waals surface area contributed by atoms with Crippen LogP contribution in [0.1, 0.15) is 23.3 Å². The van der Waals surface area contributed by atoms with Gasteiger partial charge in [0.2, 0.25) is 0 Å². The number of aromatic nitrogens is 4. The lowest BCUT2D eigenvalue weighted by Crippen LogP contribution is -2.22. The van der Waals surface area contributed by atoms with Gasteiger partial charge in [0.15, 0.2) is 0 Å². The van der Waals surface area contributed by atoms with Crippen LogP contribution in [0.15, 0.2) is 18.5 Å². The molecule has 0 bridgehead atoms. The van der Waals surface area contributed by atoms with Crippen molar-refractivity contribution < 1.29 is 0 Å². The Labute approximate surface area is 111 Å². The molecule has 1 N–H and O–H groups in total. The van der Waals surface area contributed by atoms with Crippen LogP contribution in [0.3, 0.4) is 0 Å². The highest BCUT2D eigenvalue weighted by Crippen LogP contribution is 2.23. The van der Waals surface area contributed by atoms with E-state index in [1.807, 2.05) is 25.7 Å². The third kappa shape index (κ3) is 2.52. The second-order valence-corrected chi connectivity index (χ2v) is 4.50. The molecule has 0 aliphatic heterocycles. The Balaban J connectivity index is 2.26. The van der Waals surface area contributed by atoms with E-state index in [2.05, 4.69) is 20.4 Å². The van der Waals surface area contributed by atoms with Gasteiger partial charge in [0.05, 0.1) is 22.5 Å². The van der Waals surface area contributed by atoms with E-state index >= 15 is 0 Å². The largest absolute Gasteiger partial charge is 0.310 e. The highest BCUT2D eigenvalue weighted by Gasteiger charge is 2.18. The molecule has 0 amide bonds. The van der Waals surface area contributed by atoms with E-state index in [1.54, 1.807) is 18.5 Å². The van der Waals surface area contributed by atoms with Crippen molar-refractivity contribution in [1.29, 1.82) is 0 Å². The zero-order chi connectivity index (χ0) is 13.1. The highest BCUT2D eigenvalue weighted by molar-refractivity contribution is 6.31. The van der Waals surface area contributed by atoms with Crippen LogP contribution in [-0.4, -0.2) is 26.8 Å². The molecule has 18 heavy (non-hydrogen) atoms. The molecule has 1 unspecified atom stereocenters. The lowest BCUT2D eigenvalue weighted by Gasteiger charge is -2.14. The van der Waals surface area contributed by atoms with Crippen LogP contribution in [0.5, 0.6) is 0 Å². The standard InChI is InChI=1S/C12H16ClN5/c1-8-11(13)10(18(3)17-8)7-9(14-2)12-15-5-4-6-16-12/h4-6,9,14H,7H2,1-3H3. The Morgan fingerprint density at radius 2 is 2.06 bits per heavy atom. The van der Waals surface area contributed by atoms with E-state index in [-0.39, 0.29) is 6.04 Å². The van der Waals surface area contributed by atoms with Crippen LogP contribution < -0.4 is 5.32 Å². The Morgan fingerprint density at radius 1 is 1.39 bits per heavy atom. The van der Waals surface area contributed by atoms with Crippen molar-refractivity contribution >= 4 is 11.6 Å². The molecule has 0 saturated heterocycles. The van der Waals surface area contributed by atoms with E-state index in [0.717, 1.165) is 17.2 Å². The van der Waals surface area contributed by atoms with Gasteiger partial charge in [-0.25, -0.2) is 9.97 Å². The van der Waals surface area contributed by atoms with Gasteiger partial charge in [0.1, 0.15) is 5.82 Å². The van der Waals surface area contributed by atoms with E-state index in [0.29, 0.717) is 11.4 Å². The zero-order valence-corrected chi connectivity index (χ0v) is 11.4. The second-order valence-electron chi connectivity index (χ2n) is 4.12. The van der Waals surface area contributed by atoms with Gasteiger partial charge in [-0.05, 0) is 20.0 Å². The van der Waals surface area contributed by atoms with Crippen molar-refractivity contribution in [2.45, 2.75) is 19.4 Å². The normalized spacial score (nSPS) is 12.7. The van der Waals surface area contributed by atoms with Gasteiger partial charge >= 0.3 is 0 Å². The number of hydrogen-bond acceptors (Lipinski definition) is 4. The monoisotopic (exact) mass is 265 g/mol. The predicted molar refractivity (Wildman–Crippen MR) is 70.5 cm³/mol. The van der Waals surface area contributed by atoms with Crippen molar-refractivity contribution in [2.75, 3.05) is 7.05 Å². The molecular formula is C12H16ClN5. The second kappa shape index (κ2) is 5.46. The first-order chi connectivity index (χ1) is 8.63. The summed E-state index contributed by atoms with van der Waals surface area (Å²) in [6.45, 7) is 1.90. The molecule has 6 heteroatoms. The number of hydrogen-bond donors (Lipinski definition) is 1. The molecule has 1 atom stereocenters. The topological polar surface area (TPSA) is 55.6 Å².